The van der Waals surface area contributed by atoms with Crippen molar-refractivity contribution in [2.45, 2.75) is 94.7 Å². The summed E-state index contributed by atoms with van der Waals surface area (Å²) in [7, 11) is 0. The number of amides is 2. The van der Waals surface area contributed by atoms with Crippen LogP contribution in [0.25, 0.3) is 0 Å². The number of ether oxygens (including phenoxy) is 2. The molecule has 0 aliphatic heterocycles. The first-order valence-electron chi connectivity index (χ1n) is 16.0. The topological polar surface area (TPSA) is 76.7 Å². The van der Waals surface area contributed by atoms with Crippen LogP contribution >= 0.6 is 0 Å². The van der Waals surface area contributed by atoms with Gasteiger partial charge in [0.05, 0.1) is 0 Å². The van der Waals surface area contributed by atoms with E-state index < -0.39 is 0 Å². The second kappa shape index (κ2) is 9.78. The first-order chi connectivity index (χ1) is 19.9. The molecular formula is C35H42N2O4. The van der Waals surface area contributed by atoms with E-state index in [0.29, 0.717) is 0 Å². The Labute approximate surface area is 242 Å². The molecule has 8 saturated carbocycles. The number of rotatable bonds is 6. The van der Waals surface area contributed by atoms with Crippen molar-refractivity contribution in [1.29, 1.82) is 0 Å². The van der Waals surface area contributed by atoms with Crippen molar-refractivity contribution in [3.63, 3.8) is 0 Å². The fourth-order valence-electron chi connectivity index (χ4n) is 10.6. The number of carbonyl (C=O) groups is 2. The van der Waals surface area contributed by atoms with Crippen molar-refractivity contribution in [3.8, 4) is 0 Å². The van der Waals surface area contributed by atoms with Crippen LogP contribution in [0.2, 0.25) is 0 Å². The largest absolute Gasteiger partial charge is 0.443 e. The fourth-order valence-corrected chi connectivity index (χ4v) is 10.6. The van der Waals surface area contributed by atoms with Crippen molar-refractivity contribution in [2.24, 2.45) is 35.5 Å². The molecular weight excluding hydrogens is 512 g/mol. The lowest BCUT2D eigenvalue weighted by Crippen LogP contribution is -2.53. The lowest BCUT2D eigenvalue weighted by molar-refractivity contribution is -0.124. The maximum atomic E-state index is 12.8. The smallest absolute Gasteiger partial charge is 0.412 e. The van der Waals surface area contributed by atoms with Gasteiger partial charge in [-0.2, -0.15) is 0 Å². The Bertz CT molecular complexity index is 1140. The average Bonchev–Trinajstić information content (AvgIpc) is 2.88. The molecule has 2 amide bonds. The van der Waals surface area contributed by atoms with E-state index in [1.807, 2.05) is 24.3 Å². The molecule has 216 valence electrons. The van der Waals surface area contributed by atoms with Gasteiger partial charge in [-0.3, -0.25) is 10.6 Å². The second-order valence-electron chi connectivity index (χ2n) is 14.8. The van der Waals surface area contributed by atoms with Crippen molar-refractivity contribution >= 4 is 23.6 Å². The Hall–Kier alpha value is -3.02. The van der Waals surface area contributed by atoms with E-state index >= 15 is 0 Å². The molecule has 8 aliphatic rings. The van der Waals surface area contributed by atoms with Crippen LogP contribution < -0.4 is 10.6 Å². The minimum atomic E-state index is -0.315. The summed E-state index contributed by atoms with van der Waals surface area (Å²) in [5.74, 6) is 4.49. The van der Waals surface area contributed by atoms with Crippen LogP contribution in [0.15, 0.2) is 48.5 Å². The van der Waals surface area contributed by atoms with Crippen LogP contribution in [0.3, 0.4) is 0 Å². The van der Waals surface area contributed by atoms with Gasteiger partial charge in [-0.25, -0.2) is 9.59 Å². The second-order valence-corrected chi connectivity index (χ2v) is 14.8. The van der Waals surface area contributed by atoms with E-state index in [2.05, 4.69) is 34.9 Å². The molecule has 6 heteroatoms. The molecule has 8 aliphatic carbocycles. The van der Waals surface area contributed by atoms with E-state index in [1.54, 1.807) is 0 Å². The molecule has 8 fully saturated rings. The lowest BCUT2D eigenvalue weighted by Gasteiger charge is -2.55. The van der Waals surface area contributed by atoms with Gasteiger partial charge in [0.15, 0.2) is 0 Å². The molecule has 0 spiro atoms. The molecule has 8 bridgehead atoms. The third-order valence-corrected chi connectivity index (χ3v) is 11.4. The van der Waals surface area contributed by atoms with Crippen LogP contribution in [0.4, 0.5) is 21.0 Å². The van der Waals surface area contributed by atoms with E-state index in [9.17, 15) is 9.59 Å². The molecule has 2 aromatic rings. The van der Waals surface area contributed by atoms with Gasteiger partial charge >= 0.3 is 12.2 Å². The summed E-state index contributed by atoms with van der Waals surface area (Å²) in [6.45, 7) is 0. The molecule has 2 N–H and O–H groups in total. The Morgan fingerprint density at radius 1 is 0.537 bits per heavy atom. The fraction of sp³-hybridized carbons (Fsp3) is 0.600. The van der Waals surface area contributed by atoms with Crippen molar-refractivity contribution in [3.05, 3.63) is 59.7 Å². The number of benzene rings is 2. The molecule has 0 radical (unpaired) electrons. The first kappa shape index (κ1) is 25.7. The number of nitrogens with one attached hydrogen (secondary N) is 2. The van der Waals surface area contributed by atoms with Gasteiger partial charge in [-0.1, -0.05) is 24.3 Å². The van der Waals surface area contributed by atoms with Crippen LogP contribution in [0.1, 0.15) is 88.2 Å². The lowest BCUT2D eigenvalue weighted by atomic mass is 9.54. The first-order valence-corrected chi connectivity index (χ1v) is 16.0. The standard InChI is InChI=1S/C35H42N2O4/c38-32(40-34-16-24-10-25(17-34)12-26(11-24)18-34)36-30-5-1-22(2-6-30)9-23-3-7-31(8-4-23)37-33(39)41-35-19-27-13-28(20-35)15-29(14-27)21-35/h1-8,24-29H,9-21H2,(H,36,38)(H,37,39). The van der Waals surface area contributed by atoms with Crippen molar-refractivity contribution in [2.75, 3.05) is 10.6 Å². The molecule has 0 heterocycles. The average molecular weight is 555 g/mol. The van der Waals surface area contributed by atoms with Gasteiger partial charge in [-0.05, 0) is 154 Å². The zero-order valence-corrected chi connectivity index (χ0v) is 23.9. The highest BCUT2D eigenvalue weighted by molar-refractivity contribution is 5.85. The maximum Gasteiger partial charge on any atom is 0.412 e. The Morgan fingerprint density at radius 3 is 1.12 bits per heavy atom. The monoisotopic (exact) mass is 554 g/mol. The minimum absolute atomic E-state index is 0.231. The summed E-state index contributed by atoms with van der Waals surface area (Å²) in [4.78, 5) is 25.6. The van der Waals surface area contributed by atoms with Gasteiger partial charge < -0.3 is 9.47 Å². The van der Waals surface area contributed by atoms with Gasteiger partial charge in [0.2, 0.25) is 0 Å². The Balaban J connectivity index is 0.827. The summed E-state index contributed by atoms with van der Waals surface area (Å²) in [6, 6.07) is 16.0. The van der Waals surface area contributed by atoms with Crippen LogP contribution in [0.5, 0.6) is 0 Å². The number of carbonyl (C=O) groups excluding carboxylic acids is 2. The molecule has 0 atom stereocenters. The molecule has 0 aromatic heterocycles. The quantitative estimate of drug-likeness (QED) is 0.376. The van der Waals surface area contributed by atoms with E-state index in [0.717, 1.165) is 103 Å². The highest BCUT2D eigenvalue weighted by Crippen LogP contribution is 2.58. The van der Waals surface area contributed by atoms with Crippen LogP contribution in [-0.2, 0) is 15.9 Å². The van der Waals surface area contributed by atoms with Crippen molar-refractivity contribution < 1.29 is 19.1 Å². The minimum Gasteiger partial charge on any atom is -0.443 e. The molecule has 41 heavy (non-hydrogen) atoms. The molecule has 0 saturated heterocycles. The van der Waals surface area contributed by atoms with Crippen molar-refractivity contribution in [1.82, 2.24) is 0 Å². The third kappa shape index (κ3) is 5.23. The number of hydrogen-bond donors (Lipinski definition) is 2. The Morgan fingerprint density at radius 2 is 0.829 bits per heavy atom. The number of anilines is 2. The third-order valence-electron chi connectivity index (χ3n) is 11.4. The van der Waals surface area contributed by atoms with E-state index in [1.165, 1.54) is 38.5 Å². The molecule has 6 nitrogen and oxygen atoms in total. The summed E-state index contributed by atoms with van der Waals surface area (Å²) in [5, 5.41) is 5.93. The Kier molecular flexibility index (Phi) is 6.12. The zero-order valence-electron chi connectivity index (χ0n) is 23.9. The summed E-state index contributed by atoms with van der Waals surface area (Å²) >= 11 is 0. The van der Waals surface area contributed by atoms with Gasteiger partial charge in [0, 0.05) is 11.4 Å². The summed E-state index contributed by atoms with van der Waals surface area (Å²) in [6.07, 6.45) is 14.4. The van der Waals surface area contributed by atoms with Gasteiger partial charge in [0.1, 0.15) is 11.2 Å². The van der Waals surface area contributed by atoms with Gasteiger partial charge in [-0.15, -0.1) is 0 Å². The highest BCUT2D eigenvalue weighted by atomic mass is 16.6. The van der Waals surface area contributed by atoms with E-state index in [4.69, 9.17) is 9.47 Å². The van der Waals surface area contributed by atoms with E-state index in [-0.39, 0.29) is 23.4 Å². The summed E-state index contributed by atoms with van der Waals surface area (Å²) in [5.41, 5.74) is 3.39. The predicted molar refractivity (Wildman–Crippen MR) is 158 cm³/mol. The maximum absolute atomic E-state index is 12.8. The SMILES string of the molecule is O=C(Nc1ccc(Cc2ccc(NC(=O)OC34CC5CC(CC(C5)C3)C4)cc2)cc1)OC12CC3CC(CC(C3)C1)C2. The molecule has 10 rings (SSSR count). The van der Waals surface area contributed by atoms with Crippen LogP contribution in [0, 0.1) is 35.5 Å². The number of hydrogen-bond acceptors (Lipinski definition) is 4. The normalized spacial score (nSPS) is 37.6. The van der Waals surface area contributed by atoms with Crippen LogP contribution in [-0.4, -0.2) is 23.4 Å². The highest BCUT2D eigenvalue weighted by Gasteiger charge is 2.54. The zero-order chi connectivity index (χ0) is 27.6. The molecule has 0 unspecified atom stereocenters. The molecule has 2 aromatic carbocycles. The summed E-state index contributed by atoms with van der Waals surface area (Å²) < 4.78 is 12.2. The predicted octanol–water partition coefficient (Wildman–Crippen LogP) is 8.31. The van der Waals surface area contributed by atoms with Gasteiger partial charge in [0.25, 0.3) is 0 Å².